The number of benzene rings is 1. The number of rotatable bonds is 2. The third-order valence-corrected chi connectivity index (χ3v) is 4.76. The Morgan fingerprint density at radius 1 is 1.45 bits per heavy atom. The number of hydrogen-bond acceptors (Lipinski definition) is 3. The Balaban J connectivity index is 2.32. The van der Waals surface area contributed by atoms with Crippen LogP contribution in [0.15, 0.2) is 18.2 Å². The summed E-state index contributed by atoms with van der Waals surface area (Å²) in [5.41, 5.74) is -0.612. The second kappa shape index (κ2) is 5.96. The van der Waals surface area contributed by atoms with Crippen LogP contribution >= 0.6 is 11.8 Å². The lowest BCUT2D eigenvalue weighted by molar-refractivity contribution is -0.137. The maximum Gasteiger partial charge on any atom is 0.417 e. The molecule has 20 heavy (non-hydrogen) atoms. The van der Waals surface area contributed by atoms with Crippen LogP contribution in [0.5, 0.6) is 0 Å². The van der Waals surface area contributed by atoms with E-state index >= 15 is 0 Å². The summed E-state index contributed by atoms with van der Waals surface area (Å²) in [6, 6.07) is 5.58. The molecule has 1 heterocycles. The van der Waals surface area contributed by atoms with Crippen molar-refractivity contribution in [2.24, 2.45) is 0 Å². The molecule has 0 aliphatic carbocycles. The van der Waals surface area contributed by atoms with E-state index in [1.54, 1.807) is 12.1 Å². The van der Waals surface area contributed by atoms with Gasteiger partial charge in [-0.15, -0.1) is 0 Å². The van der Waals surface area contributed by atoms with Gasteiger partial charge in [-0.2, -0.15) is 30.2 Å². The normalized spacial score (nSPS) is 19.8. The Kier molecular flexibility index (Phi) is 4.48. The first kappa shape index (κ1) is 15.0. The summed E-state index contributed by atoms with van der Waals surface area (Å²) >= 11 is 1.86. The van der Waals surface area contributed by atoms with Crippen molar-refractivity contribution in [3.63, 3.8) is 0 Å². The van der Waals surface area contributed by atoms with Gasteiger partial charge in [-0.25, -0.2) is 0 Å². The van der Waals surface area contributed by atoms with Crippen molar-refractivity contribution in [1.82, 2.24) is 0 Å². The zero-order valence-corrected chi connectivity index (χ0v) is 11.9. The molecule has 0 bridgehead atoms. The molecule has 0 spiro atoms. The van der Waals surface area contributed by atoms with Gasteiger partial charge in [0.25, 0.3) is 0 Å². The highest BCUT2D eigenvalue weighted by atomic mass is 32.2. The minimum absolute atomic E-state index is 0.320. The molecule has 1 aliphatic rings. The molecule has 0 radical (unpaired) electrons. The van der Waals surface area contributed by atoms with Crippen LogP contribution in [0.25, 0.3) is 0 Å². The molecular formula is C14H15F3N2S. The third-order valence-electron chi connectivity index (χ3n) is 3.39. The van der Waals surface area contributed by atoms with Gasteiger partial charge in [0.05, 0.1) is 17.2 Å². The molecule has 1 aromatic carbocycles. The van der Waals surface area contributed by atoms with E-state index < -0.39 is 11.7 Å². The predicted octanol–water partition coefficient (Wildman–Crippen LogP) is 3.91. The van der Waals surface area contributed by atoms with E-state index in [1.807, 2.05) is 16.7 Å². The van der Waals surface area contributed by atoms with Crippen LogP contribution in [0, 0.1) is 11.3 Å². The maximum atomic E-state index is 13.0. The summed E-state index contributed by atoms with van der Waals surface area (Å²) in [6.07, 6.45) is -3.49. The molecule has 108 valence electrons. The molecule has 6 heteroatoms. The first-order valence-electron chi connectivity index (χ1n) is 6.43. The summed E-state index contributed by atoms with van der Waals surface area (Å²) in [4.78, 5) is 1.97. The van der Waals surface area contributed by atoms with Gasteiger partial charge in [0.1, 0.15) is 0 Å². The highest BCUT2D eigenvalue weighted by Crippen LogP contribution is 2.35. The first-order chi connectivity index (χ1) is 9.45. The topological polar surface area (TPSA) is 27.0 Å². The number of anilines is 1. The minimum atomic E-state index is -4.49. The monoisotopic (exact) mass is 300 g/mol. The number of hydrogen-bond donors (Lipinski definition) is 0. The zero-order valence-electron chi connectivity index (χ0n) is 11.1. The van der Waals surface area contributed by atoms with Gasteiger partial charge < -0.3 is 4.90 Å². The largest absolute Gasteiger partial charge is 0.417 e. The highest BCUT2D eigenvalue weighted by Gasteiger charge is 2.34. The molecule has 2 nitrogen and oxygen atoms in total. The molecule has 0 aromatic heterocycles. The number of nitriles is 1. The van der Waals surface area contributed by atoms with Crippen LogP contribution in [0.4, 0.5) is 18.9 Å². The molecule has 1 aliphatic heterocycles. The average molecular weight is 300 g/mol. The SMILES string of the molecule is CCC1CN(c2ccc(C#N)c(C(F)(F)F)c2)CCS1. The average Bonchev–Trinajstić information content (AvgIpc) is 2.45. The Bertz CT molecular complexity index is 522. The summed E-state index contributed by atoms with van der Waals surface area (Å²) in [5, 5.41) is 9.25. The minimum Gasteiger partial charge on any atom is -0.370 e. The molecule has 1 unspecified atom stereocenters. The number of thioether (sulfide) groups is 1. The molecule has 1 aromatic rings. The highest BCUT2D eigenvalue weighted by molar-refractivity contribution is 8.00. The molecule has 2 rings (SSSR count). The van der Waals surface area contributed by atoms with Gasteiger partial charge in [0, 0.05) is 29.8 Å². The lowest BCUT2D eigenvalue weighted by Crippen LogP contribution is -2.37. The lowest BCUT2D eigenvalue weighted by Gasteiger charge is -2.34. The standard InChI is InChI=1S/C14H15F3N2S/c1-2-12-9-19(5-6-20-12)11-4-3-10(8-18)13(7-11)14(15,16)17/h3-4,7,12H,2,5-6,9H2,1H3. The lowest BCUT2D eigenvalue weighted by atomic mass is 10.1. The van der Waals surface area contributed by atoms with E-state index in [0.29, 0.717) is 10.9 Å². The van der Waals surface area contributed by atoms with Crippen molar-refractivity contribution in [2.45, 2.75) is 24.8 Å². The van der Waals surface area contributed by atoms with Gasteiger partial charge in [-0.1, -0.05) is 6.92 Å². The van der Waals surface area contributed by atoms with Crippen molar-refractivity contribution < 1.29 is 13.2 Å². The fourth-order valence-corrected chi connectivity index (χ4v) is 3.44. The van der Waals surface area contributed by atoms with Crippen molar-refractivity contribution in [1.29, 1.82) is 5.26 Å². The van der Waals surface area contributed by atoms with E-state index in [4.69, 9.17) is 5.26 Å². The molecule has 0 N–H and O–H groups in total. The Labute approximate surface area is 120 Å². The van der Waals surface area contributed by atoms with Gasteiger partial charge in [0.2, 0.25) is 0 Å². The molecule has 0 saturated carbocycles. The van der Waals surface area contributed by atoms with Crippen molar-refractivity contribution in [2.75, 3.05) is 23.7 Å². The summed E-state index contributed by atoms with van der Waals surface area (Å²) < 4.78 is 38.9. The van der Waals surface area contributed by atoms with E-state index in [1.165, 1.54) is 6.07 Å². The Morgan fingerprint density at radius 3 is 2.80 bits per heavy atom. The molecule has 1 fully saturated rings. The second-order valence-corrected chi connectivity index (χ2v) is 6.09. The molecule has 1 saturated heterocycles. The maximum absolute atomic E-state index is 13.0. The number of alkyl halides is 3. The van der Waals surface area contributed by atoms with Crippen molar-refractivity contribution in [3.8, 4) is 6.07 Å². The van der Waals surface area contributed by atoms with E-state index in [0.717, 1.165) is 31.3 Å². The van der Waals surface area contributed by atoms with Gasteiger partial charge >= 0.3 is 6.18 Å². The smallest absolute Gasteiger partial charge is 0.370 e. The van der Waals surface area contributed by atoms with Crippen LogP contribution in [-0.2, 0) is 6.18 Å². The quantitative estimate of drug-likeness (QED) is 0.828. The van der Waals surface area contributed by atoms with Gasteiger partial charge in [0.15, 0.2) is 0 Å². The van der Waals surface area contributed by atoms with Crippen LogP contribution < -0.4 is 4.90 Å². The van der Waals surface area contributed by atoms with E-state index in [9.17, 15) is 13.2 Å². The molecule has 1 atom stereocenters. The molecular weight excluding hydrogens is 285 g/mol. The Morgan fingerprint density at radius 2 is 2.20 bits per heavy atom. The van der Waals surface area contributed by atoms with Crippen LogP contribution in [0.1, 0.15) is 24.5 Å². The fraction of sp³-hybridized carbons (Fsp3) is 0.500. The summed E-state index contributed by atoms with van der Waals surface area (Å²) in [5.74, 6) is 0.917. The predicted molar refractivity (Wildman–Crippen MR) is 74.9 cm³/mol. The third kappa shape index (κ3) is 3.21. The first-order valence-corrected chi connectivity index (χ1v) is 7.48. The zero-order chi connectivity index (χ0) is 14.8. The number of halogens is 3. The van der Waals surface area contributed by atoms with E-state index in [2.05, 4.69) is 6.92 Å². The summed E-state index contributed by atoms with van der Waals surface area (Å²) in [6.45, 7) is 3.58. The Hall–Kier alpha value is -1.35. The van der Waals surface area contributed by atoms with Crippen molar-refractivity contribution in [3.05, 3.63) is 29.3 Å². The van der Waals surface area contributed by atoms with Crippen LogP contribution in [0.3, 0.4) is 0 Å². The summed E-state index contributed by atoms with van der Waals surface area (Å²) in [7, 11) is 0. The molecule has 0 amide bonds. The fourth-order valence-electron chi connectivity index (χ4n) is 2.26. The van der Waals surface area contributed by atoms with Crippen LogP contribution in [0.2, 0.25) is 0 Å². The van der Waals surface area contributed by atoms with E-state index in [-0.39, 0.29) is 5.56 Å². The second-order valence-electron chi connectivity index (χ2n) is 4.69. The van der Waals surface area contributed by atoms with Crippen LogP contribution in [-0.4, -0.2) is 24.1 Å². The van der Waals surface area contributed by atoms with Gasteiger partial charge in [-0.3, -0.25) is 0 Å². The van der Waals surface area contributed by atoms with Crippen molar-refractivity contribution >= 4 is 17.4 Å². The number of nitrogens with zero attached hydrogens (tertiary/aromatic N) is 2. The van der Waals surface area contributed by atoms with Gasteiger partial charge in [-0.05, 0) is 24.6 Å².